The summed E-state index contributed by atoms with van der Waals surface area (Å²) in [5.41, 5.74) is 1.57. The highest BCUT2D eigenvalue weighted by molar-refractivity contribution is 5.89. The van der Waals surface area contributed by atoms with E-state index in [1.165, 1.54) is 6.07 Å². The fourth-order valence-electron chi connectivity index (χ4n) is 6.50. The van der Waals surface area contributed by atoms with E-state index in [9.17, 15) is 23.2 Å². The number of hydrogen-bond acceptors (Lipinski definition) is 7. The Morgan fingerprint density at radius 3 is 2.51 bits per heavy atom. The maximum Gasteiger partial charge on any atom is 0.416 e. The Kier molecular flexibility index (Phi) is 8.10. The molecule has 4 aromatic rings. The SMILES string of the molecule is COc1nc2ccccc2cc1-c1ccc(C2(C(=O)N[C@@H]3CCN(C)C3)CCN(c3ccc(C(F)(F)F)cc3C#N)CC2)cn1. The fourth-order valence-corrected chi connectivity index (χ4v) is 6.50. The summed E-state index contributed by atoms with van der Waals surface area (Å²) in [5, 5.41) is 13.9. The molecule has 2 aromatic carbocycles. The summed E-state index contributed by atoms with van der Waals surface area (Å²) in [5.74, 6) is 0.361. The lowest BCUT2D eigenvalue weighted by Crippen LogP contribution is -2.54. The van der Waals surface area contributed by atoms with Crippen LogP contribution >= 0.6 is 0 Å². The van der Waals surface area contributed by atoms with Crippen LogP contribution in [0.3, 0.4) is 0 Å². The number of hydrogen-bond donors (Lipinski definition) is 1. The van der Waals surface area contributed by atoms with Gasteiger partial charge in [0.25, 0.3) is 0 Å². The molecule has 0 saturated carbocycles. The largest absolute Gasteiger partial charge is 0.480 e. The van der Waals surface area contributed by atoms with Gasteiger partial charge >= 0.3 is 6.18 Å². The Hall–Kier alpha value is -4.69. The average molecular weight is 615 g/mol. The van der Waals surface area contributed by atoms with Crippen molar-refractivity contribution < 1.29 is 22.7 Å². The van der Waals surface area contributed by atoms with Gasteiger partial charge in [0, 0.05) is 37.3 Å². The van der Waals surface area contributed by atoms with Crippen LogP contribution in [-0.2, 0) is 16.4 Å². The van der Waals surface area contributed by atoms with E-state index in [0.29, 0.717) is 43.2 Å². The van der Waals surface area contributed by atoms with Gasteiger partial charge in [-0.3, -0.25) is 9.78 Å². The number of carbonyl (C=O) groups excluding carboxylic acids is 1. The Labute approximate surface area is 259 Å². The normalized spacial score (nSPS) is 18.5. The van der Waals surface area contributed by atoms with Gasteiger partial charge in [0.05, 0.1) is 46.1 Å². The molecule has 2 aromatic heterocycles. The number of rotatable bonds is 6. The molecule has 0 bridgehead atoms. The Balaban J connectivity index is 1.31. The highest BCUT2D eigenvalue weighted by Gasteiger charge is 2.45. The number of para-hydroxylation sites is 1. The molecule has 11 heteroatoms. The van der Waals surface area contributed by atoms with E-state index >= 15 is 0 Å². The average Bonchev–Trinajstić information content (AvgIpc) is 3.47. The molecule has 232 valence electrons. The van der Waals surface area contributed by atoms with E-state index in [1.54, 1.807) is 13.3 Å². The lowest BCUT2D eigenvalue weighted by Gasteiger charge is -2.42. The van der Waals surface area contributed by atoms with Crippen molar-refractivity contribution in [1.82, 2.24) is 20.2 Å². The van der Waals surface area contributed by atoms with Crippen LogP contribution in [0.25, 0.3) is 22.2 Å². The Morgan fingerprint density at radius 1 is 1.09 bits per heavy atom. The zero-order chi connectivity index (χ0) is 31.8. The van der Waals surface area contributed by atoms with Crippen molar-refractivity contribution in [2.24, 2.45) is 0 Å². The van der Waals surface area contributed by atoms with Crippen LogP contribution in [0.2, 0.25) is 0 Å². The molecule has 6 rings (SSSR count). The summed E-state index contributed by atoms with van der Waals surface area (Å²) < 4.78 is 45.5. The molecule has 0 spiro atoms. The lowest BCUT2D eigenvalue weighted by atomic mass is 9.72. The minimum absolute atomic E-state index is 0.0256. The minimum Gasteiger partial charge on any atom is -0.480 e. The number of piperidine rings is 1. The smallest absolute Gasteiger partial charge is 0.416 e. The fraction of sp³-hybridized carbons (Fsp3) is 0.353. The van der Waals surface area contributed by atoms with Gasteiger partial charge in [-0.05, 0) is 74.8 Å². The number of aromatic nitrogens is 2. The van der Waals surface area contributed by atoms with Gasteiger partial charge in [-0.2, -0.15) is 18.4 Å². The summed E-state index contributed by atoms with van der Waals surface area (Å²) in [6.07, 6.45) is -1.16. The topological polar surface area (TPSA) is 94.4 Å². The number of anilines is 1. The maximum atomic E-state index is 14.1. The first kappa shape index (κ1) is 30.3. The van der Waals surface area contributed by atoms with Crippen LogP contribution in [0, 0.1) is 11.3 Å². The quantitative estimate of drug-likeness (QED) is 0.304. The first-order valence-electron chi connectivity index (χ1n) is 14.9. The van der Waals surface area contributed by atoms with E-state index in [1.807, 2.05) is 60.5 Å². The number of pyridine rings is 2. The molecular formula is C34H33F3N6O2. The molecule has 1 N–H and O–H groups in total. The van der Waals surface area contributed by atoms with Gasteiger partial charge in [0.1, 0.15) is 6.07 Å². The van der Waals surface area contributed by atoms with Crippen molar-refractivity contribution in [3.8, 4) is 23.2 Å². The lowest BCUT2D eigenvalue weighted by molar-refractivity contribution is -0.137. The maximum absolute atomic E-state index is 14.1. The zero-order valence-electron chi connectivity index (χ0n) is 25.1. The van der Waals surface area contributed by atoms with E-state index < -0.39 is 17.2 Å². The third-order valence-corrected chi connectivity index (χ3v) is 9.04. The number of nitrogens with zero attached hydrogens (tertiary/aromatic N) is 5. The van der Waals surface area contributed by atoms with Crippen LogP contribution in [0.15, 0.2) is 66.9 Å². The van der Waals surface area contributed by atoms with Gasteiger partial charge in [-0.1, -0.05) is 24.3 Å². The molecular weight excluding hydrogens is 581 g/mol. The van der Waals surface area contributed by atoms with Crippen LogP contribution in [0.5, 0.6) is 5.88 Å². The molecule has 2 aliphatic heterocycles. The number of nitrogens with one attached hydrogen (secondary N) is 1. The molecule has 45 heavy (non-hydrogen) atoms. The Morgan fingerprint density at radius 2 is 1.87 bits per heavy atom. The van der Waals surface area contributed by atoms with Crippen molar-refractivity contribution in [3.63, 3.8) is 0 Å². The molecule has 0 radical (unpaired) electrons. The van der Waals surface area contributed by atoms with Crippen molar-refractivity contribution in [3.05, 3.63) is 83.6 Å². The van der Waals surface area contributed by atoms with Crippen molar-refractivity contribution in [2.75, 3.05) is 45.2 Å². The number of amides is 1. The number of halogens is 3. The number of likely N-dealkylation sites (N-methyl/N-ethyl adjacent to an activating group) is 1. The third-order valence-electron chi connectivity index (χ3n) is 9.04. The van der Waals surface area contributed by atoms with Gasteiger partial charge in [0.2, 0.25) is 11.8 Å². The molecule has 2 fully saturated rings. The second-order valence-electron chi connectivity index (χ2n) is 11.8. The molecule has 4 heterocycles. The predicted octanol–water partition coefficient (Wildman–Crippen LogP) is 5.55. The number of nitriles is 1. The molecule has 0 unspecified atom stereocenters. The third kappa shape index (κ3) is 5.90. The number of fused-ring (bicyclic) bond motifs is 1. The number of carbonyl (C=O) groups is 1. The summed E-state index contributed by atoms with van der Waals surface area (Å²) in [7, 11) is 3.59. The summed E-state index contributed by atoms with van der Waals surface area (Å²) in [6.45, 7) is 2.41. The first-order chi connectivity index (χ1) is 21.6. The van der Waals surface area contributed by atoms with Gasteiger partial charge in [-0.15, -0.1) is 0 Å². The van der Waals surface area contributed by atoms with E-state index in [2.05, 4.69) is 15.2 Å². The second kappa shape index (κ2) is 12.0. The summed E-state index contributed by atoms with van der Waals surface area (Å²) in [4.78, 5) is 27.6. The van der Waals surface area contributed by atoms with Crippen LogP contribution in [0.4, 0.5) is 18.9 Å². The monoisotopic (exact) mass is 614 g/mol. The van der Waals surface area contributed by atoms with Gasteiger partial charge in [0.15, 0.2) is 0 Å². The Bertz CT molecular complexity index is 1760. The minimum atomic E-state index is -4.54. The highest BCUT2D eigenvalue weighted by Crippen LogP contribution is 2.40. The highest BCUT2D eigenvalue weighted by atomic mass is 19.4. The number of methoxy groups -OCH3 is 1. The van der Waals surface area contributed by atoms with Crippen LogP contribution < -0.4 is 15.0 Å². The molecule has 0 aliphatic carbocycles. The molecule has 2 aliphatic rings. The molecule has 8 nitrogen and oxygen atoms in total. The number of likely N-dealkylation sites (tertiary alicyclic amines) is 1. The first-order valence-corrected chi connectivity index (χ1v) is 14.9. The summed E-state index contributed by atoms with van der Waals surface area (Å²) in [6, 6.07) is 18.7. The predicted molar refractivity (Wildman–Crippen MR) is 165 cm³/mol. The van der Waals surface area contributed by atoms with Crippen molar-refractivity contribution in [2.45, 2.75) is 36.9 Å². The van der Waals surface area contributed by atoms with E-state index in [4.69, 9.17) is 9.72 Å². The standard InChI is InChI=1S/C34H33F3N6O2/c1-42-14-11-26(21-42)40-32(44)33(12-15-43(16-13-33)30-10-8-24(34(35,36)37)17-23(30)19-38)25-7-9-29(39-20-25)27-18-22-5-3-4-6-28(22)41-31(27)45-2/h3-10,17-18,20,26H,11-16,21H2,1-2H3,(H,40,44)/t26-/m1/s1. The zero-order valence-corrected chi connectivity index (χ0v) is 25.1. The second-order valence-corrected chi connectivity index (χ2v) is 11.8. The van der Waals surface area contributed by atoms with Crippen LogP contribution in [-0.4, -0.2) is 67.2 Å². The van der Waals surface area contributed by atoms with Crippen molar-refractivity contribution in [1.29, 1.82) is 5.26 Å². The van der Waals surface area contributed by atoms with Crippen molar-refractivity contribution >= 4 is 22.5 Å². The molecule has 1 amide bonds. The van der Waals surface area contributed by atoms with E-state index in [-0.39, 0.29) is 17.5 Å². The van der Waals surface area contributed by atoms with Gasteiger partial charge in [-0.25, -0.2) is 4.98 Å². The van der Waals surface area contributed by atoms with Crippen LogP contribution in [0.1, 0.15) is 36.0 Å². The van der Waals surface area contributed by atoms with E-state index in [0.717, 1.165) is 53.7 Å². The summed E-state index contributed by atoms with van der Waals surface area (Å²) >= 11 is 0. The van der Waals surface area contributed by atoms with Gasteiger partial charge < -0.3 is 19.9 Å². The molecule has 2 saturated heterocycles. The number of alkyl halides is 3. The molecule has 1 atom stereocenters. The number of benzene rings is 2. The number of ether oxygens (including phenoxy) is 1.